The molecule has 146 valence electrons. The number of furan rings is 1. The Balaban J connectivity index is 0.00000261. The Morgan fingerprint density at radius 1 is 1.26 bits per heavy atom. The van der Waals surface area contributed by atoms with Crippen LogP contribution in [0.1, 0.15) is 17.7 Å². The Morgan fingerprint density at radius 3 is 2.70 bits per heavy atom. The maximum absolute atomic E-state index is 10.7. The zero-order chi connectivity index (χ0) is 18.2. The summed E-state index contributed by atoms with van der Waals surface area (Å²) in [5.41, 5.74) is 0.979. The highest BCUT2D eigenvalue weighted by Gasteiger charge is 2.15. The maximum atomic E-state index is 10.7. The van der Waals surface area contributed by atoms with E-state index >= 15 is 0 Å². The van der Waals surface area contributed by atoms with Crippen LogP contribution in [-0.2, 0) is 17.8 Å². The van der Waals surface area contributed by atoms with Crippen molar-refractivity contribution in [3.8, 4) is 0 Å². The van der Waals surface area contributed by atoms with Crippen molar-refractivity contribution in [3.05, 3.63) is 64.1 Å². The molecule has 1 unspecified atom stereocenters. The molecule has 0 saturated carbocycles. The topological polar surface area (TPSA) is 102 Å². The molecular weight excluding hydrogens is 463 g/mol. The number of guanidine groups is 1. The highest BCUT2D eigenvalue weighted by molar-refractivity contribution is 14.0. The van der Waals surface area contributed by atoms with Gasteiger partial charge < -0.3 is 19.8 Å². The first kappa shape index (κ1) is 21.2. The van der Waals surface area contributed by atoms with E-state index in [1.54, 1.807) is 18.4 Å². The first-order valence-corrected chi connectivity index (χ1v) is 8.56. The molecule has 0 radical (unpaired) electrons. The smallest absolute Gasteiger partial charge is 0.269 e. The molecule has 9 heteroatoms. The summed E-state index contributed by atoms with van der Waals surface area (Å²) in [5.74, 6) is 1.97. The number of hydrogen-bond acceptors (Lipinski definition) is 5. The molecule has 0 amide bonds. The van der Waals surface area contributed by atoms with Crippen LogP contribution in [0.2, 0.25) is 0 Å². The van der Waals surface area contributed by atoms with Crippen molar-refractivity contribution in [3.63, 3.8) is 0 Å². The van der Waals surface area contributed by atoms with Crippen LogP contribution in [0.3, 0.4) is 0 Å². The minimum absolute atomic E-state index is 0. The van der Waals surface area contributed by atoms with Crippen LogP contribution >= 0.6 is 24.0 Å². The zero-order valence-corrected chi connectivity index (χ0v) is 17.1. The molecule has 3 rings (SSSR count). The average molecular weight is 486 g/mol. The standard InChI is InChI=1S/C18H22N4O4.HI/c23-22(24)16-5-3-14(4-6-16)10-19-18(20-11-15-7-9-25-13-15)21-12-17-2-1-8-26-17;/h1-6,8,15H,7,9-13H2,(H2,19,20,21);1H. The van der Waals surface area contributed by atoms with Gasteiger partial charge in [-0.3, -0.25) is 10.1 Å². The van der Waals surface area contributed by atoms with E-state index in [4.69, 9.17) is 9.15 Å². The number of nitrogens with one attached hydrogen (secondary N) is 2. The summed E-state index contributed by atoms with van der Waals surface area (Å²) in [5, 5.41) is 17.3. The van der Waals surface area contributed by atoms with Crippen LogP contribution in [0.15, 0.2) is 52.1 Å². The van der Waals surface area contributed by atoms with E-state index < -0.39 is 4.92 Å². The van der Waals surface area contributed by atoms with Gasteiger partial charge in [-0.05, 0) is 24.1 Å². The number of nitrogens with zero attached hydrogens (tertiary/aromatic N) is 2. The summed E-state index contributed by atoms with van der Waals surface area (Å²) < 4.78 is 10.7. The molecule has 0 spiro atoms. The van der Waals surface area contributed by atoms with Gasteiger partial charge in [0, 0.05) is 31.2 Å². The molecule has 1 saturated heterocycles. The molecule has 1 atom stereocenters. The fourth-order valence-electron chi connectivity index (χ4n) is 2.64. The van der Waals surface area contributed by atoms with Crippen LogP contribution < -0.4 is 10.6 Å². The van der Waals surface area contributed by atoms with Crippen LogP contribution in [0.4, 0.5) is 5.69 Å². The largest absolute Gasteiger partial charge is 0.467 e. The molecule has 27 heavy (non-hydrogen) atoms. The lowest BCUT2D eigenvalue weighted by atomic mass is 10.1. The van der Waals surface area contributed by atoms with Crippen molar-refractivity contribution in [2.24, 2.45) is 10.9 Å². The highest BCUT2D eigenvalue weighted by Crippen LogP contribution is 2.13. The van der Waals surface area contributed by atoms with Gasteiger partial charge in [0.2, 0.25) is 0 Å². The number of rotatable bonds is 7. The Kier molecular flexibility index (Phi) is 8.52. The Bertz CT molecular complexity index is 728. The third-order valence-electron chi connectivity index (χ3n) is 4.16. The van der Waals surface area contributed by atoms with E-state index in [1.165, 1.54) is 12.1 Å². The molecule has 8 nitrogen and oxygen atoms in total. The number of benzene rings is 1. The number of halogens is 1. The molecule has 1 aliphatic rings. The molecule has 0 aliphatic carbocycles. The second-order valence-electron chi connectivity index (χ2n) is 6.13. The van der Waals surface area contributed by atoms with Gasteiger partial charge in [0.05, 0.1) is 30.9 Å². The number of aliphatic imine (C=N–C) groups is 1. The predicted octanol–water partition coefficient (Wildman–Crippen LogP) is 3.08. The number of ether oxygens (including phenoxy) is 1. The van der Waals surface area contributed by atoms with Crippen LogP contribution in [-0.4, -0.2) is 30.6 Å². The van der Waals surface area contributed by atoms with Crippen LogP contribution in [0.25, 0.3) is 0 Å². The molecule has 2 heterocycles. The Morgan fingerprint density at radius 2 is 2.07 bits per heavy atom. The second kappa shape index (κ2) is 10.9. The summed E-state index contributed by atoms with van der Waals surface area (Å²) in [6.45, 7) is 3.30. The van der Waals surface area contributed by atoms with Crippen molar-refractivity contribution in [2.75, 3.05) is 19.8 Å². The fraction of sp³-hybridized carbons (Fsp3) is 0.389. The fourth-order valence-corrected chi connectivity index (χ4v) is 2.64. The normalized spacial score (nSPS) is 16.6. The van der Waals surface area contributed by atoms with Gasteiger partial charge in [-0.1, -0.05) is 12.1 Å². The summed E-state index contributed by atoms with van der Waals surface area (Å²) >= 11 is 0. The van der Waals surface area contributed by atoms with E-state index in [-0.39, 0.29) is 29.7 Å². The number of non-ortho nitro benzene ring substituents is 1. The monoisotopic (exact) mass is 486 g/mol. The Labute approximate surface area is 174 Å². The SMILES string of the molecule is I.O=[N+]([O-])c1ccc(CN=C(NCc2ccco2)NCC2CCOC2)cc1. The van der Waals surface area contributed by atoms with E-state index in [0.717, 1.165) is 37.5 Å². The van der Waals surface area contributed by atoms with Crippen molar-refractivity contribution < 1.29 is 14.1 Å². The summed E-state index contributed by atoms with van der Waals surface area (Å²) in [6, 6.07) is 10.2. The third-order valence-corrected chi connectivity index (χ3v) is 4.16. The van der Waals surface area contributed by atoms with E-state index in [0.29, 0.717) is 25.0 Å². The molecule has 2 aromatic rings. The lowest BCUT2D eigenvalue weighted by Crippen LogP contribution is -2.39. The third kappa shape index (κ3) is 6.83. The van der Waals surface area contributed by atoms with Gasteiger partial charge in [-0.25, -0.2) is 4.99 Å². The molecule has 1 aromatic heterocycles. The highest BCUT2D eigenvalue weighted by atomic mass is 127. The Hall–Kier alpha value is -2.14. The average Bonchev–Trinajstić information content (AvgIpc) is 3.35. The zero-order valence-electron chi connectivity index (χ0n) is 14.8. The van der Waals surface area contributed by atoms with Gasteiger partial charge in [0.25, 0.3) is 5.69 Å². The first-order valence-electron chi connectivity index (χ1n) is 8.56. The molecule has 1 aromatic carbocycles. The maximum Gasteiger partial charge on any atom is 0.269 e. The van der Waals surface area contributed by atoms with E-state index in [9.17, 15) is 10.1 Å². The lowest BCUT2D eigenvalue weighted by molar-refractivity contribution is -0.384. The minimum Gasteiger partial charge on any atom is -0.467 e. The summed E-state index contributed by atoms with van der Waals surface area (Å²) in [6.07, 6.45) is 2.68. The predicted molar refractivity (Wildman–Crippen MR) is 112 cm³/mol. The van der Waals surface area contributed by atoms with Gasteiger partial charge in [0.1, 0.15) is 5.76 Å². The second-order valence-corrected chi connectivity index (χ2v) is 6.13. The number of nitro benzene ring substituents is 1. The lowest BCUT2D eigenvalue weighted by Gasteiger charge is -2.14. The molecule has 0 bridgehead atoms. The van der Waals surface area contributed by atoms with Crippen molar-refractivity contribution in [1.82, 2.24) is 10.6 Å². The van der Waals surface area contributed by atoms with Crippen molar-refractivity contribution in [2.45, 2.75) is 19.5 Å². The van der Waals surface area contributed by atoms with Gasteiger partial charge in [-0.2, -0.15) is 0 Å². The summed E-state index contributed by atoms with van der Waals surface area (Å²) in [4.78, 5) is 14.9. The van der Waals surface area contributed by atoms with E-state index in [2.05, 4.69) is 15.6 Å². The summed E-state index contributed by atoms with van der Waals surface area (Å²) in [7, 11) is 0. The van der Waals surface area contributed by atoms with Crippen LogP contribution in [0.5, 0.6) is 0 Å². The number of nitro groups is 1. The van der Waals surface area contributed by atoms with Gasteiger partial charge in [0.15, 0.2) is 5.96 Å². The molecule has 1 aliphatic heterocycles. The van der Waals surface area contributed by atoms with Gasteiger partial charge >= 0.3 is 0 Å². The van der Waals surface area contributed by atoms with E-state index in [1.807, 2.05) is 12.1 Å². The minimum atomic E-state index is -0.408. The van der Waals surface area contributed by atoms with Crippen molar-refractivity contribution in [1.29, 1.82) is 0 Å². The quantitative estimate of drug-likeness (QED) is 0.205. The van der Waals surface area contributed by atoms with Crippen molar-refractivity contribution >= 4 is 35.6 Å². The number of hydrogen-bond donors (Lipinski definition) is 2. The molecule has 2 N–H and O–H groups in total. The molecule has 1 fully saturated rings. The first-order chi connectivity index (χ1) is 12.7. The molecular formula is C18H23IN4O4. The van der Waals surface area contributed by atoms with Crippen LogP contribution in [0, 0.1) is 16.0 Å². The van der Waals surface area contributed by atoms with Gasteiger partial charge in [-0.15, -0.1) is 24.0 Å².